The summed E-state index contributed by atoms with van der Waals surface area (Å²) in [4.78, 5) is 37.6. The van der Waals surface area contributed by atoms with E-state index in [1.54, 1.807) is 32.9 Å². The van der Waals surface area contributed by atoms with Gasteiger partial charge in [0, 0.05) is 44.4 Å². The molecule has 1 fully saturated rings. The second-order valence-corrected chi connectivity index (χ2v) is 9.03. The lowest BCUT2D eigenvalue weighted by atomic mass is 10.1. The third kappa shape index (κ3) is 7.54. The lowest BCUT2D eigenvalue weighted by Gasteiger charge is -2.34. The second kappa shape index (κ2) is 11.5. The van der Waals surface area contributed by atoms with Crippen LogP contribution in [0.3, 0.4) is 0 Å². The Labute approximate surface area is 208 Å². The third-order valence-corrected chi connectivity index (χ3v) is 5.69. The van der Waals surface area contributed by atoms with Crippen molar-refractivity contribution in [1.29, 1.82) is 0 Å². The number of nitrogens with zero attached hydrogens (tertiary/aromatic N) is 4. The number of ether oxygens (including phenoxy) is 1. The van der Waals surface area contributed by atoms with Crippen molar-refractivity contribution in [3.63, 3.8) is 0 Å². The molecule has 2 aromatic rings. The number of carbonyl (C=O) groups excluding carboxylic acids is 2. The summed E-state index contributed by atoms with van der Waals surface area (Å²) in [6.45, 7) is 6.41. The summed E-state index contributed by atoms with van der Waals surface area (Å²) in [7, 11) is 1.97. The molecule has 9 nitrogen and oxygen atoms in total. The Morgan fingerprint density at radius 1 is 1.11 bits per heavy atom. The highest BCUT2D eigenvalue weighted by Crippen LogP contribution is 2.26. The molecule has 0 spiro atoms. The van der Waals surface area contributed by atoms with Gasteiger partial charge in [-0.1, -0.05) is 13.8 Å². The first-order valence-electron chi connectivity index (χ1n) is 11.6. The van der Waals surface area contributed by atoms with Gasteiger partial charge in [0.25, 0.3) is 5.91 Å². The maximum Gasteiger partial charge on any atom is 0.422 e. The molecule has 0 aromatic carbocycles. The number of hydrogen-bond acceptors (Lipinski definition) is 7. The molecule has 1 unspecified atom stereocenters. The Bertz CT molecular complexity index is 1070. The number of halogens is 3. The SMILES string of the molecule is CC(C)C(=O)Nc1cc(C(C)NC(=O)c2ccc(OCC(F)(F)F)nc2N2CCN(C)CC2)ccn1. The minimum absolute atomic E-state index is 0.174. The molecule has 0 saturated carbocycles. The van der Waals surface area contributed by atoms with Crippen molar-refractivity contribution in [3.05, 3.63) is 41.6 Å². The van der Waals surface area contributed by atoms with Crippen LogP contribution in [-0.4, -0.2) is 72.7 Å². The first kappa shape index (κ1) is 27.2. The molecule has 3 heterocycles. The molecule has 0 aliphatic carbocycles. The number of carbonyl (C=O) groups is 2. The van der Waals surface area contributed by atoms with Crippen molar-refractivity contribution >= 4 is 23.5 Å². The van der Waals surface area contributed by atoms with Crippen LogP contribution in [0, 0.1) is 5.92 Å². The van der Waals surface area contributed by atoms with Crippen LogP contribution in [-0.2, 0) is 4.79 Å². The fraction of sp³-hybridized carbons (Fsp3) is 0.500. The average Bonchev–Trinajstić information content (AvgIpc) is 2.82. The monoisotopic (exact) mass is 508 g/mol. The van der Waals surface area contributed by atoms with Gasteiger partial charge in [0.05, 0.1) is 11.6 Å². The molecule has 1 atom stereocenters. The summed E-state index contributed by atoms with van der Waals surface area (Å²) >= 11 is 0. The molecular formula is C24H31F3N6O3. The minimum Gasteiger partial charge on any atom is -0.468 e. The highest BCUT2D eigenvalue weighted by molar-refractivity contribution is 5.99. The van der Waals surface area contributed by atoms with E-state index >= 15 is 0 Å². The topological polar surface area (TPSA) is 99.7 Å². The largest absolute Gasteiger partial charge is 0.468 e. The van der Waals surface area contributed by atoms with Gasteiger partial charge >= 0.3 is 6.18 Å². The van der Waals surface area contributed by atoms with E-state index in [-0.39, 0.29) is 29.1 Å². The summed E-state index contributed by atoms with van der Waals surface area (Å²) in [5.74, 6) is -0.380. The zero-order valence-electron chi connectivity index (χ0n) is 20.7. The molecule has 2 N–H and O–H groups in total. The van der Waals surface area contributed by atoms with Gasteiger partial charge in [-0.15, -0.1) is 0 Å². The summed E-state index contributed by atoms with van der Waals surface area (Å²) < 4.78 is 42.7. The van der Waals surface area contributed by atoms with E-state index in [9.17, 15) is 22.8 Å². The minimum atomic E-state index is -4.50. The van der Waals surface area contributed by atoms with E-state index in [2.05, 4.69) is 25.5 Å². The molecule has 196 valence electrons. The first-order chi connectivity index (χ1) is 16.9. The van der Waals surface area contributed by atoms with Crippen LogP contribution >= 0.6 is 0 Å². The van der Waals surface area contributed by atoms with Crippen molar-refractivity contribution in [3.8, 4) is 5.88 Å². The second-order valence-electron chi connectivity index (χ2n) is 9.03. The Balaban J connectivity index is 1.80. The number of piperazine rings is 1. The zero-order valence-corrected chi connectivity index (χ0v) is 20.7. The molecule has 36 heavy (non-hydrogen) atoms. The lowest BCUT2D eigenvalue weighted by Crippen LogP contribution is -2.45. The maximum absolute atomic E-state index is 13.2. The van der Waals surface area contributed by atoms with E-state index in [0.717, 1.165) is 5.56 Å². The Morgan fingerprint density at radius 3 is 2.44 bits per heavy atom. The summed E-state index contributed by atoms with van der Waals surface area (Å²) in [6.07, 6.45) is -2.96. The van der Waals surface area contributed by atoms with Crippen LogP contribution in [0.15, 0.2) is 30.5 Å². The predicted octanol–water partition coefficient (Wildman–Crippen LogP) is 3.26. The van der Waals surface area contributed by atoms with Crippen molar-refractivity contribution in [2.24, 2.45) is 5.92 Å². The third-order valence-electron chi connectivity index (χ3n) is 5.69. The van der Waals surface area contributed by atoms with Crippen LogP contribution in [0.1, 0.15) is 42.7 Å². The molecule has 0 radical (unpaired) electrons. The molecule has 2 amide bonds. The molecule has 3 rings (SSSR count). The molecule has 1 aliphatic rings. The van der Waals surface area contributed by atoms with Crippen molar-refractivity contribution in [2.45, 2.75) is 33.0 Å². The van der Waals surface area contributed by atoms with Gasteiger partial charge in [-0.05, 0) is 37.7 Å². The fourth-order valence-corrected chi connectivity index (χ4v) is 3.52. The van der Waals surface area contributed by atoms with Crippen LogP contribution in [0.5, 0.6) is 5.88 Å². The quantitative estimate of drug-likeness (QED) is 0.565. The highest BCUT2D eigenvalue weighted by atomic mass is 19.4. The molecule has 12 heteroatoms. The van der Waals surface area contributed by atoms with Crippen molar-refractivity contribution in [1.82, 2.24) is 20.2 Å². The highest BCUT2D eigenvalue weighted by Gasteiger charge is 2.29. The fourth-order valence-electron chi connectivity index (χ4n) is 3.52. The zero-order chi connectivity index (χ0) is 26.5. The molecule has 1 saturated heterocycles. The number of rotatable bonds is 8. The standard InChI is InChI=1S/C24H31F3N6O3/c1-15(2)22(34)30-19-13-17(7-8-28-19)16(3)29-23(35)18-5-6-20(36-14-24(25,26)27)31-21(18)33-11-9-32(4)10-12-33/h5-8,13,15-16H,9-12,14H2,1-4H3,(H,29,35)(H,28,30,34). The molecular weight excluding hydrogens is 477 g/mol. The number of nitrogens with one attached hydrogen (secondary N) is 2. The summed E-state index contributed by atoms with van der Waals surface area (Å²) in [5, 5.41) is 5.63. The number of aromatic nitrogens is 2. The van der Waals surface area contributed by atoms with Gasteiger partial charge in [0.2, 0.25) is 11.8 Å². The summed E-state index contributed by atoms with van der Waals surface area (Å²) in [5.41, 5.74) is 0.949. The molecule has 2 aromatic heterocycles. The molecule has 1 aliphatic heterocycles. The van der Waals surface area contributed by atoms with Gasteiger partial charge < -0.3 is 25.2 Å². The normalized spacial score (nSPS) is 15.5. The van der Waals surface area contributed by atoms with E-state index < -0.39 is 24.7 Å². The van der Waals surface area contributed by atoms with Crippen molar-refractivity contribution in [2.75, 3.05) is 50.1 Å². The van der Waals surface area contributed by atoms with Gasteiger partial charge in [-0.3, -0.25) is 9.59 Å². The number of likely N-dealkylation sites (N-methyl/N-ethyl adjacent to an activating group) is 1. The number of hydrogen-bond donors (Lipinski definition) is 2. The smallest absolute Gasteiger partial charge is 0.422 e. The predicted molar refractivity (Wildman–Crippen MR) is 129 cm³/mol. The maximum atomic E-state index is 13.2. The van der Waals surface area contributed by atoms with Gasteiger partial charge in [0.15, 0.2) is 6.61 Å². The van der Waals surface area contributed by atoms with E-state index in [4.69, 9.17) is 4.74 Å². The van der Waals surface area contributed by atoms with Crippen LogP contribution < -0.4 is 20.3 Å². The van der Waals surface area contributed by atoms with Crippen LogP contribution in [0.4, 0.5) is 24.8 Å². The number of anilines is 2. The van der Waals surface area contributed by atoms with Crippen LogP contribution in [0.2, 0.25) is 0 Å². The average molecular weight is 509 g/mol. The first-order valence-corrected chi connectivity index (χ1v) is 11.6. The summed E-state index contributed by atoms with van der Waals surface area (Å²) in [6, 6.07) is 5.64. The Kier molecular flexibility index (Phi) is 8.72. The van der Waals surface area contributed by atoms with Gasteiger partial charge in [-0.2, -0.15) is 18.2 Å². The van der Waals surface area contributed by atoms with E-state index in [1.165, 1.54) is 18.3 Å². The number of alkyl halides is 3. The number of pyridine rings is 2. The Hall–Kier alpha value is -3.41. The lowest BCUT2D eigenvalue weighted by molar-refractivity contribution is -0.154. The Morgan fingerprint density at radius 2 is 1.81 bits per heavy atom. The molecule has 0 bridgehead atoms. The van der Waals surface area contributed by atoms with Gasteiger partial charge in [-0.25, -0.2) is 4.98 Å². The van der Waals surface area contributed by atoms with E-state index in [0.29, 0.717) is 32.0 Å². The van der Waals surface area contributed by atoms with Gasteiger partial charge in [0.1, 0.15) is 11.6 Å². The van der Waals surface area contributed by atoms with Crippen molar-refractivity contribution < 1.29 is 27.5 Å². The van der Waals surface area contributed by atoms with E-state index in [1.807, 2.05) is 11.9 Å². The number of amides is 2. The van der Waals surface area contributed by atoms with Crippen LogP contribution in [0.25, 0.3) is 0 Å².